The number of ether oxygens (including phenoxy) is 1. The van der Waals surface area contributed by atoms with E-state index in [2.05, 4.69) is 27.2 Å². The second-order valence-corrected chi connectivity index (χ2v) is 7.60. The summed E-state index contributed by atoms with van der Waals surface area (Å²) < 4.78 is 5.47. The third-order valence-electron chi connectivity index (χ3n) is 5.47. The predicted octanol–water partition coefficient (Wildman–Crippen LogP) is 3.14. The van der Waals surface area contributed by atoms with Gasteiger partial charge in [-0.05, 0) is 89.3 Å². The maximum Gasteiger partial charge on any atom is 2.00 e. The van der Waals surface area contributed by atoms with Crippen LogP contribution in [-0.2, 0) is 21.9 Å². The first kappa shape index (κ1) is 27.0. The number of piperazine rings is 1. The molecule has 0 atom stereocenters. The van der Waals surface area contributed by atoms with Gasteiger partial charge in [-0.3, -0.25) is 9.69 Å². The van der Waals surface area contributed by atoms with Crippen molar-refractivity contribution in [3.8, 4) is 5.75 Å². The van der Waals surface area contributed by atoms with Gasteiger partial charge >= 0.3 is 17.1 Å². The average molecular weight is 475 g/mol. The Bertz CT molecular complexity index is 632. The molecular formula is C26H33FeN3O2+2. The molecule has 4 rings (SSSR count). The third-order valence-corrected chi connectivity index (χ3v) is 5.47. The number of nitrogens with zero attached hydrogens (tertiary/aromatic N) is 2. The molecule has 0 aromatic heterocycles. The van der Waals surface area contributed by atoms with Crippen LogP contribution >= 0.6 is 0 Å². The quantitative estimate of drug-likeness (QED) is 0.464. The number of unbranched alkanes of at least 4 members (excludes halogenated alkanes) is 1. The fourth-order valence-electron chi connectivity index (χ4n) is 3.71. The van der Waals surface area contributed by atoms with E-state index in [0.29, 0.717) is 0 Å². The second kappa shape index (κ2) is 15.6. The molecule has 3 aliphatic rings. The summed E-state index contributed by atoms with van der Waals surface area (Å²) in [5.41, 5.74) is 1.19. The minimum absolute atomic E-state index is 0. The summed E-state index contributed by atoms with van der Waals surface area (Å²) in [5.74, 6) is 1.72. The molecule has 1 aromatic rings. The molecule has 2 saturated carbocycles. The Morgan fingerprint density at radius 2 is 1.53 bits per heavy atom. The number of benzene rings is 1. The Morgan fingerprint density at radius 3 is 2.16 bits per heavy atom. The summed E-state index contributed by atoms with van der Waals surface area (Å²) in [6, 6.07) is 8.22. The number of hydrogen-bond donors (Lipinski definition) is 1. The Morgan fingerprint density at radius 1 is 0.906 bits per heavy atom. The van der Waals surface area contributed by atoms with Gasteiger partial charge in [0.25, 0.3) is 0 Å². The molecule has 0 spiro atoms. The number of para-hydroxylation sites is 2. The Balaban J connectivity index is 0.000000534. The first-order valence-corrected chi connectivity index (χ1v) is 11.0. The SMILES string of the molecule is COc1ccccc1N1CCN(CCCCNC(=O)[C]2[CH][CH][CH][CH]2)CC1.[CH]1[CH][CH][CH][CH]1.[Fe+2]. The number of carbonyl (C=O) groups is 1. The maximum atomic E-state index is 11.9. The van der Waals surface area contributed by atoms with E-state index in [1.54, 1.807) is 7.11 Å². The van der Waals surface area contributed by atoms with Crippen molar-refractivity contribution in [3.63, 3.8) is 0 Å². The number of hydrogen-bond acceptors (Lipinski definition) is 4. The number of anilines is 1. The monoisotopic (exact) mass is 475 g/mol. The molecule has 2 aliphatic carbocycles. The number of methoxy groups -OCH3 is 1. The molecule has 1 saturated heterocycles. The van der Waals surface area contributed by atoms with Crippen LogP contribution in [0.25, 0.3) is 0 Å². The number of carbonyl (C=O) groups excluding carboxylic acids is 1. The van der Waals surface area contributed by atoms with E-state index in [1.807, 2.05) is 69.9 Å². The van der Waals surface area contributed by atoms with E-state index in [9.17, 15) is 4.79 Å². The van der Waals surface area contributed by atoms with Crippen molar-refractivity contribution < 1.29 is 26.6 Å². The molecule has 1 amide bonds. The van der Waals surface area contributed by atoms with Crippen LogP contribution in [0.15, 0.2) is 24.3 Å². The van der Waals surface area contributed by atoms with Crippen molar-refractivity contribution in [2.75, 3.05) is 51.3 Å². The maximum absolute atomic E-state index is 11.9. The first-order valence-electron chi connectivity index (χ1n) is 11.0. The molecule has 0 bridgehead atoms. The van der Waals surface area contributed by atoms with Crippen LogP contribution in [0.5, 0.6) is 5.75 Å². The van der Waals surface area contributed by atoms with Crippen LogP contribution in [0.1, 0.15) is 12.8 Å². The van der Waals surface area contributed by atoms with E-state index < -0.39 is 0 Å². The van der Waals surface area contributed by atoms with Crippen LogP contribution in [0.3, 0.4) is 0 Å². The van der Waals surface area contributed by atoms with Crippen molar-refractivity contribution in [2.45, 2.75) is 12.8 Å². The number of amides is 1. The minimum atomic E-state index is 0. The standard InChI is InChI=1S/C21H28N3O2.C5H5.Fe/c1-26-20-11-5-4-10-19(20)24-16-14-23(15-17-24)13-7-6-12-22-21(25)18-8-2-3-9-18;1-2-4-5-3-1;/h2-5,8-11H,6-7,12-17H2,1H3,(H,22,25);1-5H;/q;;+2. The molecule has 1 aliphatic heterocycles. The molecule has 10 radical (unpaired) electrons. The normalized spacial score (nSPS) is 19.1. The van der Waals surface area contributed by atoms with E-state index in [4.69, 9.17) is 4.74 Å². The Kier molecular flexibility index (Phi) is 13.2. The summed E-state index contributed by atoms with van der Waals surface area (Å²) in [5, 5.41) is 2.98. The van der Waals surface area contributed by atoms with Crippen LogP contribution in [0, 0.1) is 63.7 Å². The van der Waals surface area contributed by atoms with E-state index in [0.717, 1.165) is 63.8 Å². The molecule has 6 heteroatoms. The Labute approximate surface area is 206 Å². The van der Waals surface area contributed by atoms with Crippen molar-refractivity contribution >= 4 is 11.6 Å². The Hall–Kier alpha value is -1.23. The molecular weight excluding hydrogens is 442 g/mol. The van der Waals surface area contributed by atoms with E-state index in [1.165, 1.54) is 5.69 Å². The van der Waals surface area contributed by atoms with Gasteiger partial charge in [-0.1, -0.05) is 12.1 Å². The van der Waals surface area contributed by atoms with Gasteiger partial charge in [0, 0.05) is 32.7 Å². The summed E-state index contributed by atoms with van der Waals surface area (Å²) in [4.78, 5) is 16.8. The fraction of sp³-hybridized carbons (Fsp3) is 0.346. The van der Waals surface area contributed by atoms with E-state index in [-0.39, 0.29) is 23.0 Å². The molecule has 1 heterocycles. The van der Waals surface area contributed by atoms with Crippen LogP contribution in [-0.4, -0.2) is 57.2 Å². The molecule has 32 heavy (non-hydrogen) atoms. The fourth-order valence-corrected chi connectivity index (χ4v) is 3.71. The smallest absolute Gasteiger partial charge is 0.495 e. The zero-order valence-corrected chi connectivity index (χ0v) is 19.8. The van der Waals surface area contributed by atoms with Gasteiger partial charge in [-0.25, -0.2) is 0 Å². The average Bonchev–Trinajstić information content (AvgIpc) is 3.56. The largest absolute Gasteiger partial charge is 2.00 e. The van der Waals surface area contributed by atoms with Gasteiger partial charge < -0.3 is 15.0 Å². The van der Waals surface area contributed by atoms with Crippen molar-refractivity contribution in [1.82, 2.24) is 10.2 Å². The molecule has 1 aromatic carbocycles. The van der Waals surface area contributed by atoms with Gasteiger partial charge in [-0.15, -0.1) is 0 Å². The van der Waals surface area contributed by atoms with Crippen LogP contribution < -0.4 is 15.0 Å². The zero-order chi connectivity index (χ0) is 21.7. The van der Waals surface area contributed by atoms with Gasteiger partial charge in [0.05, 0.1) is 18.7 Å². The second-order valence-electron chi connectivity index (χ2n) is 7.60. The number of nitrogens with one attached hydrogen (secondary N) is 1. The topological polar surface area (TPSA) is 44.8 Å². The van der Waals surface area contributed by atoms with Gasteiger partial charge in [-0.2, -0.15) is 0 Å². The molecule has 3 fully saturated rings. The minimum Gasteiger partial charge on any atom is -0.495 e. The van der Waals surface area contributed by atoms with Crippen molar-refractivity contribution in [2.24, 2.45) is 0 Å². The van der Waals surface area contributed by atoms with Crippen LogP contribution in [0.4, 0.5) is 5.69 Å². The predicted molar refractivity (Wildman–Crippen MR) is 126 cm³/mol. The van der Waals surface area contributed by atoms with E-state index >= 15 is 0 Å². The summed E-state index contributed by atoms with van der Waals surface area (Å²) >= 11 is 0. The number of rotatable bonds is 8. The molecule has 170 valence electrons. The van der Waals surface area contributed by atoms with Gasteiger partial charge in [0.15, 0.2) is 0 Å². The summed E-state index contributed by atoms with van der Waals surface area (Å²) in [6.45, 7) is 6.01. The zero-order valence-electron chi connectivity index (χ0n) is 18.7. The molecule has 5 nitrogen and oxygen atoms in total. The molecule has 0 unspecified atom stereocenters. The summed E-state index contributed by atoms with van der Waals surface area (Å²) in [7, 11) is 1.73. The summed E-state index contributed by atoms with van der Waals surface area (Å²) in [6.07, 6.45) is 19.6. The van der Waals surface area contributed by atoms with Gasteiger partial charge in [0.2, 0.25) is 5.91 Å². The first-order chi connectivity index (χ1) is 15.3. The third kappa shape index (κ3) is 8.96. The van der Waals surface area contributed by atoms with Gasteiger partial charge in [0.1, 0.15) is 5.75 Å². The van der Waals surface area contributed by atoms with Crippen molar-refractivity contribution in [1.29, 1.82) is 0 Å². The molecule has 1 N–H and O–H groups in total. The van der Waals surface area contributed by atoms with Crippen molar-refractivity contribution in [3.05, 3.63) is 88.0 Å². The van der Waals surface area contributed by atoms with Crippen LogP contribution in [0.2, 0.25) is 0 Å².